The maximum absolute atomic E-state index is 13.2. The Bertz CT molecular complexity index is 1160. The third-order valence-electron chi connectivity index (χ3n) is 5.61. The average Bonchev–Trinajstić information content (AvgIpc) is 3.36. The minimum atomic E-state index is -0.370. The molecule has 0 aliphatic rings. The molecule has 3 rings (SSSR count). The first-order valence-corrected chi connectivity index (χ1v) is 11.0. The molecule has 9 nitrogen and oxygen atoms in total. The third-order valence-corrected chi connectivity index (χ3v) is 5.84. The Morgan fingerprint density at radius 1 is 1.42 bits per heavy atom. The topological polar surface area (TPSA) is 107 Å². The van der Waals surface area contributed by atoms with Gasteiger partial charge in [-0.25, -0.2) is 4.99 Å². The highest BCUT2D eigenvalue weighted by Gasteiger charge is 2.25. The van der Waals surface area contributed by atoms with E-state index in [9.17, 15) is 9.90 Å². The van der Waals surface area contributed by atoms with Gasteiger partial charge in [-0.1, -0.05) is 25.4 Å². The molecule has 0 bridgehead atoms. The van der Waals surface area contributed by atoms with Gasteiger partial charge in [-0.05, 0) is 31.5 Å². The first kappa shape index (κ1) is 24.5. The van der Waals surface area contributed by atoms with Crippen LogP contribution in [0.25, 0.3) is 11.3 Å². The number of ether oxygens (including phenoxy) is 1. The number of nitrogens with zero attached hydrogens (tertiary/aromatic N) is 5. The number of anilines is 1. The van der Waals surface area contributed by atoms with Crippen molar-refractivity contribution in [1.29, 1.82) is 0 Å². The minimum absolute atomic E-state index is 0.00887. The van der Waals surface area contributed by atoms with Crippen LogP contribution in [0, 0.1) is 5.41 Å². The van der Waals surface area contributed by atoms with Gasteiger partial charge in [0, 0.05) is 42.0 Å². The second-order valence-corrected chi connectivity index (χ2v) is 8.54. The van der Waals surface area contributed by atoms with Crippen LogP contribution in [-0.4, -0.2) is 50.5 Å². The maximum Gasteiger partial charge on any atom is 0.261 e. The molecule has 10 heteroatoms. The Hall–Kier alpha value is -3.17. The molecular formula is C23H29ClN6O3. The largest absolute Gasteiger partial charge is 0.496 e. The summed E-state index contributed by atoms with van der Waals surface area (Å²) in [5.74, 6) is 0.646. The summed E-state index contributed by atoms with van der Waals surface area (Å²) in [5.41, 5.74) is 1.59. The van der Waals surface area contributed by atoms with Crippen molar-refractivity contribution in [3.8, 4) is 17.0 Å². The molecule has 2 N–H and O–H groups in total. The van der Waals surface area contributed by atoms with Gasteiger partial charge in [-0.15, -0.1) is 0 Å². The second-order valence-electron chi connectivity index (χ2n) is 8.10. The van der Waals surface area contributed by atoms with Crippen LogP contribution in [0.3, 0.4) is 0 Å². The van der Waals surface area contributed by atoms with Gasteiger partial charge in [0.15, 0.2) is 5.82 Å². The summed E-state index contributed by atoms with van der Waals surface area (Å²) in [5, 5.41) is 22.2. The Kier molecular flexibility index (Phi) is 7.55. The Morgan fingerprint density at radius 2 is 2.18 bits per heavy atom. The molecule has 0 saturated carbocycles. The highest BCUT2D eigenvalue weighted by atomic mass is 35.5. The lowest BCUT2D eigenvalue weighted by atomic mass is 9.89. The lowest BCUT2D eigenvalue weighted by molar-refractivity contribution is 0.102. The number of benzene rings is 1. The lowest BCUT2D eigenvalue weighted by Crippen LogP contribution is -2.27. The van der Waals surface area contributed by atoms with Gasteiger partial charge in [0.25, 0.3) is 5.91 Å². The van der Waals surface area contributed by atoms with Gasteiger partial charge in [0.1, 0.15) is 17.0 Å². The van der Waals surface area contributed by atoms with Crippen LogP contribution in [0.5, 0.6) is 5.75 Å². The number of aliphatic imine (C=N–C) groups is 1. The van der Waals surface area contributed by atoms with Crippen LogP contribution in [0.2, 0.25) is 5.02 Å². The fraction of sp³-hybridized carbons (Fsp3) is 0.391. The van der Waals surface area contributed by atoms with Crippen LogP contribution in [-0.2, 0) is 13.6 Å². The summed E-state index contributed by atoms with van der Waals surface area (Å²) in [7, 11) is 3.28. The monoisotopic (exact) mass is 472 g/mol. The van der Waals surface area contributed by atoms with E-state index in [1.165, 1.54) is 10.9 Å². The molecule has 2 aromatic heterocycles. The van der Waals surface area contributed by atoms with E-state index in [-0.39, 0.29) is 17.9 Å². The van der Waals surface area contributed by atoms with Gasteiger partial charge < -0.3 is 15.2 Å². The summed E-state index contributed by atoms with van der Waals surface area (Å²) < 4.78 is 8.77. The number of carbonyl (C=O) groups is 1. The zero-order valence-electron chi connectivity index (χ0n) is 19.5. The first-order chi connectivity index (χ1) is 15.7. The normalized spacial score (nSPS) is 13.3. The highest BCUT2D eigenvalue weighted by Crippen LogP contribution is 2.37. The van der Waals surface area contributed by atoms with Crippen molar-refractivity contribution in [1.82, 2.24) is 19.6 Å². The van der Waals surface area contributed by atoms with Gasteiger partial charge in [0.2, 0.25) is 0 Å². The number of halogens is 1. The molecule has 1 unspecified atom stereocenters. The number of carbonyl (C=O) groups excluding carboxylic acids is 1. The van der Waals surface area contributed by atoms with E-state index in [1.54, 1.807) is 56.4 Å². The maximum atomic E-state index is 13.2. The number of rotatable bonds is 9. The first-order valence-electron chi connectivity index (χ1n) is 10.6. The van der Waals surface area contributed by atoms with Crippen LogP contribution in [0.4, 0.5) is 11.5 Å². The van der Waals surface area contributed by atoms with Gasteiger partial charge in [0.05, 0.1) is 25.6 Å². The molecule has 1 amide bonds. The van der Waals surface area contributed by atoms with Crippen molar-refractivity contribution in [2.24, 2.45) is 17.5 Å². The van der Waals surface area contributed by atoms with Crippen LogP contribution in [0.1, 0.15) is 37.6 Å². The van der Waals surface area contributed by atoms with Crippen LogP contribution < -0.4 is 10.1 Å². The molecule has 0 spiro atoms. The van der Waals surface area contributed by atoms with E-state index in [0.717, 1.165) is 6.42 Å². The average molecular weight is 473 g/mol. The molecule has 176 valence electrons. The lowest BCUT2D eigenvalue weighted by Gasteiger charge is -2.25. The van der Waals surface area contributed by atoms with Crippen molar-refractivity contribution >= 4 is 35.2 Å². The summed E-state index contributed by atoms with van der Waals surface area (Å²) >= 11 is 6.26. The fourth-order valence-corrected chi connectivity index (χ4v) is 3.55. The molecular weight excluding hydrogens is 444 g/mol. The Balaban J connectivity index is 2.08. The number of hydrogen-bond donors (Lipinski definition) is 2. The van der Waals surface area contributed by atoms with Gasteiger partial charge in [-0.2, -0.15) is 10.2 Å². The molecule has 0 saturated heterocycles. The molecule has 0 aliphatic heterocycles. The van der Waals surface area contributed by atoms with E-state index in [4.69, 9.17) is 21.4 Å². The number of aliphatic hydroxyl groups is 1. The van der Waals surface area contributed by atoms with E-state index in [1.807, 2.05) is 13.8 Å². The van der Waals surface area contributed by atoms with Crippen molar-refractivity contribution in [3.05, 3.63) is 41.2 Å². The summed E-state index contributed by atoms with van der Waals surface area (Å²) in [6, 6.07) is 5.22. The standard InChI is InChI=1S/C23H29ClN6O3/c1-6-23(3,14-31)13-30-12-18(20(28-30)16-10-15(24)8-9-19(16)33-5)27-22(32)17-11-26-29(4)21(17)25-7-2/h7-12,31H,6,13-14H2,1-5H3,(H,27,32). The zero-order valence-corrected chi connectivity index (χ0v) is 20.2. The van der Waals surface area contributed by atoms with Crippen LogP contribution in [0.15, 0.2) is 35.6 Å². The van der Waals surface area contributed by atoms with E-state index < -0.39 is 0 Å². The summed E-state index contributed by atoms with van der Waals surface area (Å²) in [6.07, 6.45) is 5.58. The molecule has 1 atom stereocenters. The molecule has 0 fully saturated rings. The number of aromatic nitrogens is 4. The number of nitrogens with one attached hydrogen (secondary N) is 1. The van der Waals surface area contributed by atoms with E-state index in [0.29, 0.717) is 45.6 Å². The van der Waals surface area contributed by atoms with E-state index >= 15 is 0 Å². The number of amides is 1. The van der Waals surface area contributed by atoms with Crippen molar-refractivity contribution in [3.63, 3.8) is 0 Å². The predicted molar refractivity (Wildman–Crippen MR) is 130 cm³/mol. The van der Waals surface area contributed by atoms with Crippen LogP contribution >= 0.6 is 11.6 Å². The number of hydrogen-bond acceptors (Lipinski definition) is 6. The molecule has 33 heavy (non-hydrogen) atoms. The smallest absolute Gasteiger partial charge is 0.261 e. The molecule has 0 aliphatic carbocycles. The Morgan fingerprint density at radius 3 is 2.82 bits per heavy atom. The fourth-order valence-electron chi connectivity index (χ4n) is 3.38. The summed E-state index contributed by atoms with van der Waals surface area (Å²) in [4.78, 5) is 17.4. The SMILES string of the molecule is CC=Nc1c(C(=O)Nc2cn(CC(C)(CC)CO)nc2-c2cc(Cl)ccc2OC)cnn1C. The van der Waals surface area contributed by atoms with Crippen molar-refractivity contribution < 1.29 is 14.6 Å². The summed E-state index contributed by atoms with van der Waals surface area (Å²) in [6.45, 7) is 6.24. The quantitative estimate of drug-likeness (QED) is 0.451. The highest BCUT2D eigenvalue weighted by molar-refractivity contribution is 6.31. The molecule has 2 heterocycles. The van der Waals surface area contributed by atoms with Crippen molar-refractivity contribution in [2.75, 3.05) is 19.0 Å². The van der Waals surface area contributed by atoms with Crippen molar-refractivity contribution in [2.45, 2.75) is 33.7 Å². The molecule has 3 aromatic rings. The minimum Gasteiger partial charge on any atom is -0.496 e. The molecule has 1 aromatic carbocycles. The molecule has 0 radical (unpaired) electrons. The third kappa shape index (κ3) is 5.26. The van der Waals surface area contributed by atoms with Gasteiger partial charge >= 0.3 is 0 Å². The van der Waals surface area contributed by atoms with Gasteiger partial charge in [-0.3, -0.25) is 14.2 Å². The van der Waals surface area contributed by atoms with E-state index in [2.05, 4.69) is 15.4 Å². The number of aliphatic hydroxyl groups excluding tert-OH is 1. The Labute approximate surface area is 198 Å². The zero-order chi connectivity index (χ0) is 24.2. The number of methoxy groups -OCH3 is 1. The second kappa shape index (κ2) is 10.2. The number of aryl methyl sites for hydroxylation is 1. The predicted octanol–water partition coefficient (Wildman–Crippen LogP) is 4.33.